The molecular weight excluding hydrogens is 316 g/mol. The minimum absolute atomic E-state index is 0.0315. The van der Waals surface area contributed by atoms with Crippen LogP contribution in [-0.2, 0) is 4.79 Å². The van der Waals surface area contributed by atoms with Crippen LogP contribution in [0.2, 0.25) is 0 Å². The summed E-state index contributed by atoms with van der Waals surface area (Å²) >= 11 is 0. The SMILES string of the molecule is CN=C(NCC(=O)NC(C)(C)C)N1CCC(Oc2ccccc2)CC1. The number of piperidine rings is 1. The quantitative estimate of drug-likeness (QED) is 0.647. The first-order chi connectivity index (χ1) is 11.9. The molecule has 0 aliphatic carbocycles. The molecule has 2 N–H and O–H groups in total. The maximum absolute atomic E-state index is 11.9. The number of amides is 1. The summed E-state index contributed by atoms with van der Waals surface area (Å²) in [4.78, 5) is 18.4. The third-order valence-corrected chi connectivity index (χ3v) is 3.92. The highest BCUT2D eigenvalue weighted by atomic mass is 16.5. The van der Waals surface area contributed by atoms with Gasteiger partial charge in [-0.25, -0.2) is 0 Å². The fourth-order valence-corrected chi connectivity index (χ4v) is 2.83. The highest BCUT2D eigenvalue weighted by molar-refractivity contribution is 5.86. The van der Waals surface area contributed by atoms with Crippen LogP contribution in [0.3, 0.4) is 0 Å². The van der Waals surface area contributed by atoms with Crippen LogP contribution >= 0.6 is 0 Å². The topological polar surface area (TPSA) is 66.0 Å². The van der Waals surface area contributed by atoms with Gasteiger partial charge in [-0.1, -0.05) is 18.2 Å². The van der Waals surface area contributed by atoms with Crippen molar-refractivity contribution in [1.29, 1.82) is 0 Å². The first kappa shape index (κ1) is 19.1. The highest BCUT2D eigenvalue weighted by Gasteiger charge is 2.23. The zero-order valence-corrected chi connectivity index (χ0v) is 15.7. The Labute approximate surface area is 150 Å². The van der Waals surface area contributed by atoms with Crippen molar-refractivity contribution in [3.63, 3.8) is 0 Å². The van der Waals surface area contributed by atoms with Crippen LogP contribution in [0.15, 0.2) is 35.3 Å². The van der Waals surface area contributed by atoms with Crippen LogP contribution in [0, 0.1) is 0 Å². The van der Waals surface area contributed by atoms with Gasteiger partial charge < -0.3 is 20.3 Å². The molecule has 1 aromatic carbocycles. The Bertz CT molecular complexity index is 573. The maximum atomic E-state index is 11.9. The van der Waals surface area contributed by atoms with Gasteiger partial charge in [0, 0.05) is 38.5 Å². The molecule has 1 fully saturated rings. The minimum Gasteiger partial charge on any atom is -0.490 e. The average Bonchev–Trinajstić information content (AvgIpc) is 2.56. The van der Waals surface area contributed by atoms with E-state index in [0.29, 0.717) is 0 Å². The van der Waals surface area contributed by atoms with Crippen LogP contribution in [0.25, 0.3) is 0 Å². The first-order valence-corrected chi connectivity index (χ1v) is 8.86. The highest BCUT2D eigenvalue weighted by Crippen LogP contribution is 2.18. The molecule has 0 bridgehead atoms. The summed E-state index contributed by atoms with van der Waals surface area (Å²) in [6.45, 7) is 7.85. The molecule has 0 radical (unpaired) electrons. The van der Waals surface area contributed by atoms with Crippen molar-refractivity contribution in [2.45, 2.75) is 45.3 Å². The van der Waals surface area contributed by atoms with Crippen molar-refractivity contribution in [3.8, 4) is 5.75 Å². The third-order valence-electron chi connectivity index (χ3n) is 3.92. The minimum atomic E-state index is -0.227. The van der Waals surface area contributed by atoms with Crippen molar-refractivity contribution in [2.75, 3.05) is 26.7 Å². The summed E-state index contributed by atoms with van der Waals surface area (Å²) < 4.78 is 6.02. The molecule has 2 rings (SSSR count). The molecule has 6 heteroatoms. The second-order valence-corrected chi connectivity index (χ2v) is 7.32. The van der Waals surface area contributed by atoms with Gasteiger partial charge >= 0.3 is 0 Å². The molecular formula is C19H30N4O2. The molecule has 1 amide bonds. The zero-order valence-electron chi connectivity index (χ0n) is 15.7. The Balaban J connectivity index is 1.77. The lowest BCUT2D eigenvalue weighted by Gasteiger charge is -2.34. The number of nitrogens with zero attached hydrogens (tertiary/aromatic N) is 2. The summed E-state index contributed by atoms with van der Waals surface area (Å²) in [6, 6.07) is 9.93. The first-order valence-electron chi connectivity index (χ1n) is 8.86. The van der Waals surface area contributed by atoms with E-state index in [0.717, 1.165) is 37.6 Å². The number of carbonyl (C=O) groups is 1. The summed E-state index contributed by atoms with van der Waals surface area (Å²) in [6.07, 6.45) is 2.09. The molecule has 1 saturated heterocycles. The molecule has 25 heavy (non-hydrogen) atoms. The Morgan fingerprint density at radius 3 is 2.44 bits per heavy atom. The fraction of sp³-hybridized carbons (Fsp3) is 0.579. The van der Waals surface area contributed by atoms with Crippen LogP contribution < -0.4 is 15.4 Å². The molecule has 0 unspecified atom stereocenters. The molecule has 0 saturated carbocycles. The van der Waals surface area contributed by atoms with Crippen molar-refractivity contribution in [2.24, 2.45) is 4.99 Å². The van der Waals surface area contributed by atoms with E-state index in [2.05, 4.69) is 20.5 Å². The van der Waals surface area contributed by atoms with Crippen LogP contribution in [0.1, 0.15) is 33.6 Å². The number of aliphatic imine (C=N–C) groups is 1. The fourth-order valence-electron chi connectivity index (χ4n) is 2.83. The van der Waals surface area contributed by atoms with Crippen molar-refractivity contribution in [3.05, 3.63) is 30.3 Å². The van der Waals surface area contributed by atoms with Gasteiger partial charge in [0.05, 0.1) is 6.54 Å². The molecule has 6 nitrogen and oxygen atoms in total. The number of hydrogen-bond acceptors (Lipinski definition) is 3. The molecule has 0 spiro atoms. The lowest BCUT2D eigenvalue weighted by Crippen LogP contribution is -2.51. The predicted molar refractivity (Wildman–Crippen MR) is 101 cm³/mol. The van der Waals surface area contributed by atoms with E-state index in [-0.39, 0.29) is 24.1 Å². The monoisotopic (exact) mass is 346 g/mol. The molecule has 1 aliphatic heterocycles. The Kier molecular flexibility index (Phi) is 6.67. The number of ether oxygens (including phenoxy) is 1. The number of nitrogens with one attached hydrogen (secondary N) is 2. The van der Waals surface area contributed by atoms with E-state index < -0.39 is 0 Å². The number of carbonyl (C=O) groups excluding carboxylic acids is 1. The largest absolute Gasteiger partial charge is 0.490 e. The van der Waals surface area contributed by atoms with Gasteiger partial charge in [0.1, 0.15) is 11.9 Å². The van der Waals surface area contributed by atoms with Gasteiger partial charge in [-0.05, 0) is 32.9 Å². The number of likely N-dealkylation sites (tertiary alicyclic amines) is 1. The molecule has 0 atom stereocenters. The number of hydrogen-bond donors (Lipinski definition) is 2. The van der Waals surface area contributed by atoms with Gasteiger partial charge in [0.15, 0.2) is 5.96 Å². The van der Waals surface area contributed by atoms with Gasteiger partial charge in [-0.15, -0.1) is 0 Å². The summed E-state index contributed by atoms with van der Waals surface area (Å²) in [5, 5.41) is 6.09. The normalized spacial score (nSPS) is 16.5. The van der Waals surface area contributed by atoms with E-state index in [4.69, 9.17) is 4.74 Å². The summed E-state index contributed by atoms with van der Waals surface area (Å²) in [5.41, 5.74) is -0.227. The lowest BCUT2D eigenvalue weighted by atomic mass is 10.1. The maximum Gasteiger partial charge on any atom is 0.239 e. The Hall–Kier alpha value is -2.24. The number of benzene rings is 1. The summed E-state index contributed by atoms with van der Waals surface area (Å²) in [7, 11) is 1.75. The second kappa shape index (κ2) is 8.74. The number of guanidine groups is 1. The molecule has 138 valence electrons. The standard InChI is InChI=1S/C19H30N4O2/c1-19(2,3)22-17(24)14-21-18(20-4)23-12-10-16(11-13-23)25-15-8-6-5-7-9-15/h5-9,16H,10-14H2,1-4H3,(H,20,21)(H,22,24). The van der Waals surface area contributed by atoms with E-state index in [1.165, 1.54) is 0 Å². The van der Waals surface area contributed by atoms with E-state index >= 15 is 0 Å². The van der Waals surface area contributed by atoms with Crippen molar-refractivity contribution >= 4 is 11.9 Å². The summed E-state index contributed by atoms with van der Waals surface area (Å²) in [5.74, 6) is 1.65. The number of rotatable bonds is 4. The van der Waals surface area contributed by atoms with E-state index in [1.54, 1.807) is 7.05 Å². The van der Waals surface area contributed by atoms with Crippen molar-refractivity contribution < 1.29 is 9.53 Å². The van der Waals surface area contributed by atoms with Gasteiger partial charge in [-0.3, -0.25) is 9.79 Å². The van der Waals surface area contributed by atoms with Gasteiger partial charge in [0.2, 0.25) is 5.91 Å². The molecule has 1 aliphatic rings. The Morgan fingerprint density at radius 1 is 1.24 bits per heavy atom. The van der Waals surface area contributed by atoms with Crippen molar-refractivity contribution in [1.82, 2.24) is 15.5 Å². The number of para-hydroxylation sites is 1. The van der Waals surface area contributed by atoms with Crippen LogP contribution in [0.5, 0.6) is 5.75 Å². The zero-order chi connectivity index (χ0) is 18.3. The van der Waals surface area contributed by atoms with E-state index in [9.17, 15) is 4.79 Å². The molecule has 0 aromatic heterocycles. The second-order valence-electron chi connectivity index (χ2n) is 7.32. The molecule has 1 aromatic rings. The third kappa shape index (κ3) is 6.64. The molecule has 1 heterocycles. The average molecular weight is 346 g/mol. The van der Waals surface area contributed by atoms with E-state index in [1.807, 2.05) is 51.1 Å². The smallest absolute Gasteiger partial charge is 0.239 e. The van der Waals surface area contributed by atoms with Crippen LogP contribution in [-0.4, -0.2) is 55.1 Å². The van der Waals surface area contributed by atoms with Crippen LogP contribution in [0.4, 0.5) is 0 Å². The van der Waals surface area contributed by atoms with Gasteiger partial charge in [-0.2, -0.15) is 0 Å². The lowest BCUT2D eigenvalue weighted by molar-refractivity contribution is -0.121. The predicted octanol–water partition coefficient (Wildman–Crippen LogP) is 2.02. The van der Waals surface area contributed by atoms with Gasteiger partial charge in [0.25, 0.3) is 0 Å². The Morgan fingerprint density at radius 2 is 1.88 bits per heavy atom.